The van der Waals surface area contributed by atoms with Gasteiger partial charge in [-0.15, -0.1) is 6.58 Å². The summed E-state index contributed by atoms with van der Waals surface area (Å²) >= 11 is 0. The Hall–Kier alpha value is -3.00. The zero-order valence-electron chi connectivity index (χ0n) is 34.1. The summed E-state index contributed by atoms with van der Waals surface area (Å²) in [7, 11) is -3.59. The van der Waals surface area contributed by atoms with Gasteiger partial charge >= 0.3 is 6.03 Å². The van der Waals surface area contributed by atoms with E-state index in [0.717, 1.165) is 12.7 Å². The minimum atomic E-state index is -3.59. The average molecular weight is 753 g/mol. The lowest BCUT2D eigenvalue weighted by Crippen LogP contribution is -2.63. The monoisotopic (exact) mass is 752 g/mol. The van der Waals surface area contributed by atoms with Gasteiger partial charge in [0.1, 0.15) is 12.1 Å². The van der Waals surface area contributed by atoms with Crippen LogP contribution in [-0.4, -0.2) is 104 Å². The molecule has 14 heteroatoms. The van der Waals surface area contributed by atoms with Gasteiger partial charge in [-0.25, -0.2) is 17.5 Å². The Morgan fingerprint density at radius 2 is 1.56 bits per heavy atom. The minimum Gasteiger partial charge on any atom is -0.346 e. The van der Waals surface area contributed by atoms with Crippen molar-refractivity contribution in [2.45, 2.75) is 133 Å². The fourth-order valence-corrected chi connectivity index (χ4v) is 7.74. The molecule has 1 aliphatic carbocycles. The van der Waals surface area contributed by atoms with Gasteiger partial charge in [0.05, 0.1) is 12.3 Å². The van der Waals surface area contributed by atoms with E-state index in [0.29, 0.717) is 25.9 Å². The quantitative estimate of drug-likeness (QED) is 0.129. The second kappa shape index (κ2) is 17.0. The van der Waals surface area contributed by atoms with Gasteiger partial charge in [0.15, 0.2) is 0 Å². The minimum absolute atomic E-state index is 0.0441. The van der Waals surface area contributed by atoms with Crippen LogP contribution >= 0.6 is 0 Å². The first kappa shape index (κ1) is 45.2. The maximum atomic E-state index is 14.5. The first-order valence-electron chi connectivity index (χ1n) is 18.6. The van der Waals surface area contributed by atoms with Crippen LogP contribution in [0.4, 0.5) is 4.79 Å². The van der Waals surface area contributed by atoms with Crippen molar-refractivity contribution in [3.8, 4) is 0 Å². The van der Waals surface area contributed by atoms with E-state index >= 15 is 0 Å². The van der Waals surface area contributed by atoms with Crippen LogP contribution < -0.4 is 21.3 Å². The molecule has 1 aliphatic heterocycles. The van der Waals surface area contributed by atoms with Crippen molar-refractivity contribution in [2.75, 3.05) is 32.4 Å². The van der Waals surface area contributed by atoms with Crippen LogP contribution in [0.15, 0.2) is 12.7 Å². The van der Waals surface area contributed by atoms with Crippen molar-refractivity contribution < 1.29 is 32.4 Å². The summed E-state index contributed by atoms with van der Waals surface area (Å²) in [4.78, 5) is 69.6. The molecule has 0 aromatic carbocycles. The van der Waals surface area contributed by atoms with Crippen LogP contribution in [0, 0.1) is 33.5 Å². The average Bonchev–Trinajstić information content (AvgIpc) is 3.30. The number of ketones is 1. The van der Waals surface area contributed by atoms with Crippen molar-refractivity contribution in [3.05, 3.63) is 12.7 Å². The van der Waals surface area contributed by atoms with Crippen molar-refractivity contribution >= 4 is 39.6 Å². The largest absolute Gasteiger partial charge is 0.346 e. The van der Waals surface area contributed by atoms with Gasteiger partial charge in [0.2, 0.25) is 27.6 Å². The van der Waals surface area contributed by atoms with Gasteiger partial charge < -0.3 is 26.2 Å². The van der Waals surface area contributed by atoms with E-state index in [9.17, 15) is 32.4 Å². The van der Waals surface area contributed by atoms with Crippen molar-refractivity contribution in [1.82, 2.24) is 30.5 Å². The predicted molar refractivity (Wildman–Crippen MR) is 205 cm³/mol. The third kappa shape index (κ3) is 12.0. The van der Waals surface area contributed by atoms with Crippen LogP contribution in [0.25, 0.3) is 0 Å². The number of carbonyl (C=O) groups excluding carboxylic acids is 5. The van der Waals surface area contributed by atoms with Crippen LogP contribution in [0.5, 0.6) is 0 Å². The number of urea groups is 1. The number of fused-ring (bicyclic) bond motifs is 1. The molecule has 1 saturated heterocycles. The first-order chi connectivity index (χ1) is 23.6. The molecular weight excluding hydrogens is 685 g/mol. The highest BCUT2D eigenvalue weighted by molar-refractivity contribution is 7.88. The van der Waals surface area contributed by atoms with Gasteiger partial charge in [-0.05, 0) is 46.3 Å². The number of amides is 5. The van der Waals surface area contributed by atoms with Gasteiger partial charge in [-0.2, -0.15) is 0 Å². The molecule has 6 atom stereocenters. The summed E-state index contributed by atoms with van der Waals surface area (Å²) < 4.78 is 27.0. The SMILES string of the molecule is C=CCNC(=O)C(=O)C(CCCC)NC(=O)[C@@H]1[C@@H]2[C@H](CN1C(=O)[C@@H](NC(=O)N[C@H](CN(CCC(C)(C)C)S(C)(=O)=O)C(C)(C)C)C(C)(C)C)C2(C)C. The summed E-state index contributed by atoms with van der Waals surface area (Å²) in [5.41, 5.74) is -1.63. The van der Waals surface area contributed by atoms with Crippen LogP contribution in [0.1, 0.15) is 109 Å². The number of hydrogen-bond acceptors (Lipinski definition) is 7. The van der Waals surface area contributed by atoms with Crippen LogP contribution in [0.2, 0.25) is 0 Å². The highest BCUT2D eigenvalue weighted by Crippen LogP contribution is 2.65. The van der Waals surface area contributed by atoms with Crippen molar-refractivity contribution in [1.29, 1.82) is 0 Å². The fraction of sp³-hybridized carbons (Fsp3) is 0.816. The van der Waals surface area contributed by atoms with Gasteiger partial charge in [-0.3, -0.25) is 19.2 Å². The highest BCUT2D eigenvalue weighted by atomic mass is 32.2. The van der Waals surface area contributed by atoms with Crippen molar-refractivity contribution in [2.24, 2.45) is 33.5 Å². The van der Waals surface area contributed by atoms with Gasteiger partial charge in [0.25, 0.3) is 5.91 Å². The summed E-state index contributed by atoms with van der Waals surface area (Å²) in [6.07, 6.45) is 4.88. The number of Topliss-reactive ketones (excluding diaryl/α,β-unsaturated/α-hetero) is 1. The molecule has 1 unspecified atom stereocenters. The molecule has 0 aromatic heterocycles. The number of rotatable bonds is 17. The summed E-state index contributed by atoms with van der Waals surface area (Å²) in [5.74, 6) is -2.61. The standard InChI is InChI=1S/C38H68N6O7S/c1-15-17-18-25(29(45)32(47)39-20-16-2)40-31(46)28-27-24(38(27,12)13)22-44(28)33(48)30(37(9,10)11)42-34(49)41-26(36(6,7)8)23-43(52(14,50)51)21-19-35(3,4)5/h16,24-28,30H,2,15,17-23H2,1,3-14H3,(H,39,47)(H,40,46)(H2,41,42,49)/t24-,25?,26+,27-,28-,30+/m0/s1. The molecular formula is C38H68N6O7S. The van der Waals surface area contributed by atoms with E-state index in [1.165, 1.54) is 15.3 Å². The highest BCUT2D eigenvalue weighted by Gasteiger charge is 2.70. The molecule has 5 amide bonds. The number of hydrogen-bond donors (Lipinski definition) is 4. The Labute approximate surface area is 313 Å². The maximum Gasteiger partial charge on any atom is 0.315 e. The second-order valence-corrected chi connectivity index (χ2v) is 20.7. The third-order valence-corrected chi connectivity index (χ3v) is 11.8. The number of carbonyl (C=O) groups is 5. The smallest absolute Gasteiger partial charge is 0.315 e. The van der Waals surface area contributed by atoms with E-state index < -0.39 is 74.6 Å². The van der Waals surface area contributed by atoms with E-state index in [1.54, 1.807) is 0 Å². The Kier molecular flexibility index (Phi) is 14.8. The molecule has 13 nitrogen and oxygen atoms in total. The lowest BCUT2D eigenvalue weighted by molar-refractivity contribution is -0.145. The number of likely N-dealkylation sites (tertiary alicyclic amines) is 1. The third-order valence-electron chi connectivity index (χ3n) is 10.6. The van der Waals surface area contributed by atoms with E-state index in [4.69, 9.17) is 0 Å². The Morgan fingerprint density at radius 1 is 0.962 bits per heavy atom. The molecule has 2 aliphatic rings. The first-order valence-corrected chi connectivity index (χ1v) is 20.5. The second-order valence-electron chi connectivity index (χ2n) is 18.7. The molecule has 0 bridgehead atoms. The molecule has 1 saturated carbocycles. The van der Waals surface area contributed by atoms with E-state index in [2.05, 4.69) is 27.8 Å². The lowest BCUT2D eigenvalue weighted by atomic mass is 9.85. The number of nitrogens with one attached hydrogen (secondary N) is 4. The van der Waals surface area contributed by atoms with E-state index in [1.807, 2.05) is 83.1 Å². The predicted octanol–water partition coefficient (Wildman–Crippen LogP) is 3.84. The lowest BCUT2D eigenvalue weighted by Gasteiger charge is -2.39. The Bertz CT molecular complexity index is 1440. The zero-order valence-corrected chi connectivity index (χ0v) is 34.9. The van der Waals surface area contributed by atoms with Crippen LogP contribution in [-0.2, 0) is 29.2 Å². The zero-order chi connectivity index (χ0) is 40.2. The van der Waals surface area contributed by atoms with Gasteiger partial charge in [0, 0.05) is 32.2 Å². The summed E-state index contributed by atoms with van der Waals surface area (Å²) in [5, 5.41) is 11.2. The van der Waals surface area contributed by atoms with Crippen molar-refractivity contribution in [3.63, 3.8) is 0 Å². The normalized spacial score (nSPS) is 21.7. The fourth-order valence-electron chi connectivity index (χ4n) is 6.90. The molecule has 4 N–H and O–H groups in total. The molecule has 0 aromatic rings. The number of sulfonamides is 1. The maximum absolute atomic E-state index is 14.5. The number of unbranched alkanes of at least 4 members (excludes halogenated alkanes) is 1. The molecule has 298 valence electrons. The van der Waals surface area contributed by atoms with E-state index in [-0.39, 0.29) is 42.2 Å². The Morgan fingerprint density at radius 3 is 2.04 bits per heavy atom. The molecule has 2 fully saturated rings. The van der Waals surface area contributed by atoms with Crippen LogP contribution in [0.3, 0.4) is 0 Å². The topological polar surface area (TPSA) is 174 Å². The van der Waals surface area contributed by atoms with Gasteiger partial charge in [-0.1, -0.05) is 102 Å². The summed E-state index contributed by atoms with van der Waals surface area (Å²) in [6.45, 7) is 27.7. The molecule has 0 radical (unpaired) electrons. The molecule has 2 rings (SSSR count). The number of piperidine rings is 1. The Balaban J connectivity index is 2.36. The molecule has 1 heterocycles. The number of nitrogens with zero attached hydrogens (tertiary/aromatic N) is 2. The summed E-state index contributed by atoms with van der Waals surface area (Å²) in [6, 6.07) is -4.22. The molecule has 0 spiro atoms. The molecule has 52 heavy (non-hydrogen) atoms.